The van der Waals surface area contributed by atoms with Gasteiger partial charge in [0.15, 0.2) is 5.11 Å². The Labute approximate surface area is 188 Å². The van der Waals surface area contributed by atoms with Crippen LogP contribution in [0.4, 0.5) is 11.4 Å². The molecule has 2 aromatic heterocycles. The van der Waals surface area contributed by atoms with Gasteiger partial charge in [-0.25, -0.2) is 8.42 Å². The predicted molar refractivity (Wildman–Crippen MR) is 128 cm³/mol. The Bertz CT molecular complexity index is 1240. The summed E-state index contributed by atoms with van der Waals surface area (Å²) in [7, 11) is -3.36. The maximum absolute atomic E-state index is 11.7. The number of aromatic amines is 1. The molecule has 1 fully saturated rings. The van der Waals surface area contributed by atoms with Crippen LogP contribution in [0, 0.1) is 20.8 Å². The highest BCUT2D eigenvalue weighted by atomic mass is 32.2. The van der Waals surface area contributed by atoms with Gasteiger partial charge in [-0.1, -0.05) is 6.07 Å². The van der Waals surface area contributed by atoms with E-state index in [1.807, 2.05) is 44.2 Å². The van der Waals surface area contributed by atoms with Crippen molar-refractivity contribution in [1.82, 2.24) is 15.3 Å². The normalized spacial score (nSPS) is 18.8. The fourth-order valence-corrected chi connectivity index (χ4v) is 5.09. The molecular formula is C22H25N5O2S2. The molecule has 3 N–H and O–H groups in total. The molecule has 7 nitrogen and oxygen atoms in total. The molecule has 0 spiro atoms. The van der Waals surface area contributed by atoms with Gasteiger partial charge in [0, 0.05) is 23.3 Å². The van der Waals surface area contributed by atoms with Crippen LogP contribution in [0.3, 0.4) is 0 Å². The van der Waals surface area contributed by atoms with E-state index in [1.54, 1.807) is 12.3 Å². The summed E-state index contributed by atoms with van der Waals surface area (Å²) in [5.41, 5.74) is 6.44. The Kier molecular flexibility index (Phi) is 5.49. The maximum Gasteiger partial charge on any atom is 0.229 e. The van der Waals surface area contributed by atoms with E-state index in [4.69, 9.17) is 12.2 Å². The topological polar surface area (TPSA) is 90.1 Å². The van der Waals surface area contributed by atoms with Crippen LogP contribution in [0.5, 0.6) is 0 Å². The lowest BCUT2D eigenvalue weighted by Crippen LogP contribution is -2.29. The zero-order valence-corrected chi connectivity index (χ0v) is 19.4. The quantitative estimate of drug-likeness (QED) is 0.506. The largest absolute Gasteiger partial charge is 0.362 e. The second kappa shape index (κ2) is 7.97. The van der Waals surface area contributed by atoms with Crippen molar-refractivity contribution in [3.63, 3.8) is 0 Å². The third-order valence-electron chi connectivity index (χ3n) is 5.39. The van der Waals surface area contributed by atoms with Gasteiger partial charge >= 0.3 is 0 Å². The number of nitrogens with zero attached hydrogens (tertiary/aromatic N) is 2. The summed E-state index contributed by atoms with van der Waals surface area (Å²) in [6, 6.07) is 13.4. The molecule has 0 saturated carbocycles. The van der Waals surface area contributed by atoms with Crippen LogP contribution >= 0.6 is 12.2 Å². The Morgan fingerprint density at radius 3 is 2.48 bits per heavy atom. The lowest BCUT2D eigenvalue weighted by molar-refractivity contribution is 0.566. The molecule has 1 aliphatic rings. The minimum absolute atomic E-state index is 0.111. The third kappa shape index (κ3) is 4.28. The number of benzene rings is 1. The first kappa shape index (κ1) is 21.3. The highest BCUT2D eigenvalue weighted by molar-refractivity contribution is 7.92. The third-order valence-corrected chi connectivity index (χ3v) is 6.30. The number of rotatable bonds is 5. The van der Waals surface area contributed by atoms with Crippen molar-refractivity contribution in [2.45, 2.75) is 32.9 Å². The number of anilines is 2. The van der Waals surface area contributed by atoms with Crippen LogP contribution < -0.4 is 14.9 Å². The van der Waals surface area contributed by atoms with E-state index in [0.29, 0.717) is 10.8 Å². The van der Waals surface area contributed by atoms with Crippen LogP contribution in [0.15, 0.2) is 48.7 Å². The molecule has 1 aromatic carbocycles. The molecule has 0 radical (unpaired) electrons. The molecule has 31 heavy (non-hydrogen) atoms. The number of H-pyrrole nitrogens is 1. The molecule has 0 aliphatic carbocycles. The fraction of sp³-hybridized carbons (Fsp3) is 0.273. The van der Waals surface area contributed by atoms with Crippen LogP contribution in [0.25, 0.3) is 0 Å². The van der Waals surface area contributed by atoms with Crippen molar-refractivity contribution in [3.05, 3.63) is 76.9 Å². The van der Waals surface area contributed by atoms with Crippen LogP contribution in [0.1, 0.15) is 40.3 Å². The molecule has 0 amide bonds. The molecule has 9 heteroatoms. The average molecular weight is 456 g/mol. The SMILES string of the molecule is Cc1cc(C2C(c3ccccn3)NC(=S)N2c2ccc(NS(C)(=O)=O)c(C)c2)c(C)[nH]1. The van der Waals surface area contributed by atoms with Crippen molar-refractivity contribution in [3.8, 4) is 0 Å². The number of pyridine rings is 1. The monoisotopic (exact) mass is 455 g/mol. The molecule has 1 aliphatic heterocycles. The first-order valence-corrected chi connectivity index (χ1v) is 12.2. The summed E-state index contributed by atoms with van der Waals surface area (Å²) >= 11 is 5.76. The van der Waals surface area contributed by atoms with Gasteiger partial charge in [0.2, 0.25) is 10.0 Å². The molecule has 3 aromatic rings. The number of sulfonamides is 1. The van der Waals surface area contributed by atoms with E-state index in [2.05, 4.69) is 37.9 Å². The Morgan fingerprint density at radius 2 is 1.90 bits per heavy atom. The van der Waals surface area contributed by atoms with Gasteiger partial charge in [0.25, 0.3) is 0 Å². The molecule has 1 saturated heterocycles. The molecule has 3 heterocycles. The number of thiocarbonyl (C=S) groups is 1. The molecular weight excluding hydrogens is 430 g/mol. The average Bonchev–Trinajstić information content (AvgIpc) is 3.21. The van der Waals surface area contributed by atoms with Crippen molar-refractivity contribution in [2.75, 3.05) is 15.9 Å². The van der Waals surface area contributed by atoms with Crippen molar-refractivity contribution in [1.29, 1.82) is 0 Å². The van der Waals surface area contributed by atoms with E-state index in [-0.39, 0.29) is 12.1 Å². The Morgan fingerprint density at radius 1 is 1.13 bits per heavy atom. The Balaban J connectivity index is 1.81. The van der Waals surface area contributed by atoms with Crippen molar-refractivity contribution >= 4 is 38.7 Å². The van der Waals surface area contributed by atoms with E-state index in [9.17, 15) is 8.42 Å². The van der Waals surface area contributed by atoms with Crippen LogP contribution in [-0.4, -0.2) is 29.8 Å². The molecule has 2 unspecified atom stereocenters. The first-order valence-electron chi connectivity index (χ1n) is 9.89. The van der Waals surface area contributed by atoms with Crippen LogP contribution in [-0.2, 0) is 10.0 Å². The summed E-state index contributed by atoms with van der Waals surface area (Å²) in [5, 5.41) is 4.04. The maximum atomic E-state index is 11.7. The van der Waals surface area contributed by atoms with Gasteiger partial charge in [-0.15, -0.1) is 0 Å². The smallest absolute Gasteiger partial charge is 0.229 e. The summed E-state index contributed by atoms with van der Waals surface area (Å²) < 4.78 is 25.9. The van der Waals surface area contributed by atoms with Crippen molar-refractivity contribution in [2.24, 2.45) is 0 Å². The minimum atomic E-state index is -3.36. The molecule has 0 bridgehead atoms. The second-order valence-corrected chi connectivity index (χ2v) is 10.0. The van der Waals surface area contributed by atoms with Gasteiger partial charge < -0.3 is 15.2 Å². The number of hydrogen-bond acceptors (Lipinski definition) is 4. The molecule has 162 valence electrons. The van der Waals surface area contributed by atoms with Gasteiger partial charge in [-0.3, -0.25) is 9.71 Å². The van der Waals surface area contributed by atoms with E-state index in [1.165, 1.54) is 0 Å². The highest BCUT2D eigenvalue weighted by Crippen LogP contribution is 2.43. The second-order valence-electron chi connectivity index (χ2n) is 7.90. The summed E-state index contributed by atoms with van der Waals surface area (Å²) in [6.07, 6.45) is 2.93. The number of nitrogens with one attached hydrogen (secondary N) is 3. The predicted octanol–water partition coefficient (Wildman–Crippen LogP) is 3.88. The zero-order valence-electron chi connectivity index (χ0n) is 17.8. The van der Waals surface area contributed by atoms with E-state index < -0.39 is 10.0 Å². The Hall–Kier alpha value is -2.91. The summed E-state index contributed by atoms with van der Waals surface area (Å²) in [4.78, 5) is 10.1. The fourth-order valence-electron chi connectivity index (χ4n) is 4.11. The first-order chi connectivity index (χ1) is 14.6. The summed E-state index contributed by atoms with van der Waals surface area (Å²) in [5.74, 6) is 0. The number of aryl methyl sites for hydroxylation is 3. The lowest BCUT2D eigenvalue weighted by atomic mass is 9.96. The highest BCUT2D eigenvalue weighted by Gasteiger charge is 2.41. The number of hydrogen-bond donors (Lipinski definition) is 3. The van der Waals surface area contributed by atoms with Gasteiger partial charge in [0.05, 0.1) is 29.7 Å². The van der Waals surface area contributed by atoms with Gasteiger partial charge in [-0.2, -0.15) is 0 Å². The molecule has 4 rings (SSSR count). The minimum Gasteiger partial charge on any atom is -0.362 e. The zero-order chi connectivity index (χ0) is 22.3. The van der Waals surface area contributed by atoms with Gasteiger partial charge in [0.1, 0.15) is 0 Å². The standard InChI is InChI=1S/C22H25N5O2S2/c1-13-11-16(8-9-18(13)26-31(4,28)29)27-21(17-12-14(2)24-15(17)3)20(25-22(27)30)19-7-5-6-10-23-19/h5-12,20-21,24,26H,1-4H3,(H,25,30). The van der Waals surface area contributed by atoms with E-state index in [0.717, 1.165) is 40.2 Å². The summed E-state index contributed by atoms with van der Waals surface area (Å²) in [6.45, 7) is 5.97. The lowest BCUT2D eigenvalue weighted by Gasteiger charge is -2.28. The van der Waals surface area contributed by atoms with Crippen LogP contribution in [0.2, 0.25) is 0 Å². The van der Waals surface area contributed by atoms with Crippen molar-refractivity contribution < 1.29 is 8.42 Å². The number of aromatic nitrogens is 2. The van der Waals surface area contributed by atoms with Gasteiger partial charge in [-0.05, 0) is 80.5 Å². The molecule has 2 atom stereocenters. The van der Waals surface area contributed by atoms with E-state index >= 15 is 0 Å².